The number of halogens is 1. The molecular weight excluding hydrogens is 300 g/mol. The zero-order valence-corrected chi connectivity index (χ0v) is 13.1. The minimum Gasteiger partial charge on any atom is -0.507 e. The van der Waals surface area contributed by atoms with Gasteiger partial charge in [0.05, 0.1) is 12.1 Å². The van der Waals surface area contributed by atoms with Crippen LogP contribution < -0.4 is 10.6 Å². The number of phenols is 1. The summed E-state index contributed by atoms with van der Waals surface area (Å²) in [6.45, 7) is 1.45. The molecule has 4 nitrogen and oxygen atoms in total. The van der Waals surface area contributed by atoms with Gasteiger partial charge in [-0.2, -0.15) is 0 Å². The van der Waals surface area contributed by atoms with Crippen molar-refractivity contribution in [2.75, 3.05) is 6.54 Å². The maximum Gasteiger partial charge on any atom is 0.275 e. The number of aromatic hydroxyl groups is 1. The number of nitrogens with one attached hydrogen (secondary N) is 1. The molecule has 2 aromatic carbocycles. The van der Waals surface area contributed by atoms with Gasteiger partial charge in [-0.1, -0.05) is 35.9 Å². The maximum atomic E-state index is 11.6. The molecule has 2 atom stereocenters. The van der Waals surface area contributed by atoms with Crippen molar-refractivity contribution in [1.82, 2.24) is 0 Å². The molecule has 0 radical (unpaired) electrons. The SMILES string of the molecule is NC(=O)[C@@H]1CCCC[NH+]1Cc1cc(Cl)c2ccccc2c1O. The fourth-order valence-electron chi connectivity index (χ4n) is 3.38. The molecule has 1 unspecified atom stereocenters. The first-order valence-electron chi connectivity index (χ1n) is 7.61. The second kappa shape index (κ2) is 6.15. The highest BCUT2D eigenvalue weighted by molar-refractivity contribution is 6.35. The highest BCUT2D eigenvalue weighted by Crippen LogP contribution is 2.33. The summed E-state index contributed by atoms with van der Waals surface area (Å²) in [7, 11) is 0. The lowest BCUT2D eigenvalue weighted by atomic mass is 9.99. The third-order valence-corrected chi connectivity index (χ3v) is 4.85. The van der Waals surface area contributed by atoms with Crippen LogP contribution in [0.5, 0.6) is 5.75 Å². The third kappa shape index (κ3) is 2.76. The van der Waals surface area contributed by atoms with Crippen LogP contribution in [-0.2, 0) is 11.3 Å². The lowest BCUT2D eigenvalue weighted by Gasteiger charge is -2.30. The predicted octanol–water partition coefficient (Wildman–Crippen LogP) is 1.62. The minimum atomic E-state index is -0.263. The molecule has 2 aromatic rings. The van der Waals surface area contributed by atoms with Gasteiger partial charge in [0.25, 0.3) is 5.91 Å². The Morgan fingerprint density at radius 1 is 1.32 bits per heavy atom. The number of nitrogens with two attached hydrogens (primary N) is 1. The van der Waals surface area contributed by atoms with E-state index in [0.29, 0.717) is 11.6 Å². The van der Waals surface area contributed by atoms with Crippen molar-refractivity contribution in [2.24, 2.45) is 5.73 Å². The van der Waals surface area contributed by atoms with Crippen molar-refractivity contribution >= 4 is 28.3 Å². The maximum absolute atomic E-state index is 11.6. The Morgan fingerprint density at radius 2 is 2.05 bits per heavy atom. The summed E-state index contributed by atoms with van der Waals surface area (Å²) in [5.74, 6) is -0.0117. The number of phenolic OH excluding ortho intramolecular Hbond substituents is 1. The molecule has 1 aliphatic rings. The number of carbonyl (C=O) groups is 1. The van der Waals surface area contributed by atoms with E-state index in [1.54, 1.807) is 6.07 Å². The van der Waals surface area contributed by atoms with Gasteiger partial charge in [-0.05, 0) is 18.9 Å². The number of primary amides is 1. The summed E-state index contributed by atoms with van der Waals surface area (Å²) in [4.78, 5) is 12.7. The molecule has 0 aliphatic carbocycles. The molecule has 0 spiro atoms. The van der Waals surface area contributed by atoms with E-state index in [0.717, 1.165) is 47.0 Å². The van der Waals surface area contributed by atoms with E-state index in [2.05, 4.69) is 0 Å². The van der Waals surface area contributed by atoms with Gasteiger partial charge in [0, 0.05) is 22.2 Å². The molecule has 22 heavy (non-hydrogen) atoms. The Balaban J connectivity index is 1.96. The molecule has 1 heterocycles. The van der Waals surface area contributed by atoms with Crippen LogP contribution >= 0.6 is 11.6 Å². The monoisotopic (exact) mass is 319 g/mol. The number of amides is 1. The highest BCUT2D eigenvalue weighted by atomic mass is 35.5. The Kier molecular flexibility index (Phi) is 4.23. The molecule has 4 N–H and O–H groups in total. The van der Waals surface area contributed by atoms with Gasteiger partial charge < -0.3 is 15.7 Å². The summed E-state index contributed by atoms with van der Waals surface area (Å²) in [6.07, 6.45) is 2.91. The predicted molar refractivity (Wildman–Crippen MR) is 87.0 cm³/mol. The number of fused-ring (bicyclic) bond motifs is 1. The lowest BCUT2D eigenvalue weighted by molar-refractivity contribution is -0.934. The van der Waals surface area contributed by atoms with Gasteiger partial charge >= 0.3 is 0 Å². The Hall–Kier alpha value is -1.78. The average Bonchev–Trinajstić information content (AvgIpc) is 2.53. The highest BCUT2D eigenvalue weighted by Gasteiger charge is 2.31. The Morgan fingerprint density at radius 3 is 2.77 bits per heavy atom. The first-order valence-corrected chi connectivity index (χ1v) is 7.98. The fraction of sp³-hybridized carbons (Fsp3) is 0.353. The average molecular weight is 320 g/mol. The number of benzene rings is 2. The lowest BCUT2D eigenvalue weighted by Crippen LogP contribution is -3.16. The van der Waals surface area contributed by atoms with E-state index in [9.17, 15) is 9.90 Å². The molecule has 5 heteroatoms. The topological polar surface area (TPSA) is 67.8 Å². The van der Waals surface area contributed by atoms with Crippen LogP contribution in [0.2, 0.25) is 5.02 Å². The van der Waals surface area contributed by atoms with E-state index in [1.807, 2.05) is 24.3 Å². The van der Waals surface area contributed by atoms with Crippen LogP contribution in [0.3, 0.4) is 0 Å². The van der Waals surface area contributed by atoms with Crippen LogP contribution in [0.15, 0.2) is 30.3 Å². The van der Waals surface area contributed by atoms with Gasteiger partial charge in [0.1, 0.15) is 12.3 Å². The normalized spacial score (nSPS) is 21.9. The van der Waals surface area contributed by atoms with Crippen molar-refractivity contribution in [3.05, 3.63) is 40.9 Å². The molecule has 1 saturated heterocycles. The first kappa shape index (κ1) is 15.1. The smallest absolute Gasteiger partial charge is 0.275 e. The number of hydrogen-bond acceptors (Lipinski definition) is 2. The summed E-state index contributed by atoms with van der Waals surface area (Å²) >= 11 is 6.34. The van der Waals surface area contributed by atoms with Gasteiger partial charge in [-0.3, -0.25) is 4.79 Å². The standard InChI is InChI=1S/C17H19ClN2O2/c18-14-9-11(16(21)13-6-2-1-5-12(13)14)10-20-8-4-3-7-15(20)17(19)22/h1-2,5-6,9,15,21H,3-4,7-8,10H2,(H2,19,22)/p+1/t15-/m0/s1. The number of likely N-dealkylation sites (tertiary alicyclic amines) is 1. The number of hydrogen-bond donors (Lipinski definition) is 3. The molecule has 3 rings (SSSR count). The molecular formula is C17H20ClN2O2+. The van der Waals surface area contributed by atoms with Crippen LogP contribution in [0, 0.1) is 0 Å². The van der Waals surface area contributed by atoms with E-state index in [-0.39, 0.29) is 17.7 Å². The third-order valence-electron chi connectivity index (χ3n) is 4.54. The van der Waals surface area contributed by atoms with Gasteiger partial charge in [-0.15, -0.1) is 0 Å². The van der Waals surface area contributed by atoms with Crippen molar-refractivity contribution in [3.63, 3.8) is 0 Å². The molecule has 1 fully saturated rings. The molecule has 0 bridgehead atoms. The summed E-state index contributed by atoms with van der Waals surface area (Å²) in [5.41, 5.74) is 6.29. The van der Waals surface area contributed by atoms with Crippen molar-refractivity contribution in [3.8, 4) is 5.75 Å². The Bertz CT molecular complexity index is 717. The summed E-state index contributed by atoms with van der Waals surface area (Å²) < 4.78 is 0. The van der Waals surface area contributed by atoms with Crippen molar-refractivity contribution < 1.29 is 14.8 Å². The number of quaternary nitrogens is 1. The van der Waals surface area contributed by atoms with Gasteiger partial charge in [0.2, 0.25) is 0 Å². The van der Waals surface area contributed by atoms with E-state index >= 15 is 0 Å². The number of piperidine rings is 1. The van der Waals surface area contributed by atoms with Crippen LogP contribution in [0.25, 0.3) is 10.8 Å². The zero-order valence-electron chi connectivity index (χ0n) is 12.3. The van der Waals surface area contributed by atoms with E-state index in [1.165, 1.54) is 0 Å². The molecule has 0 saturated carbocycles. The van der Waals surface area contributed by atoms with Crippen LogP contribution in [-0.4, -0.2) is 23.6 Å². The van der Waals surface area contributed by atoms with Crippen molar-refractivity contribution in [2.45, 2.75) is 31.8 Å². The number of rotatable bonds is 3. The quantitative estimate of drug-likeness (QED) is 0.805. The van der Waals surface area contributed by atoms with Crippen molar-refractivity contribution in [1.29, 1.82) is 0 Å². The van der Waals surface area contributed by atoms with Gasteiger partial charge in [0.15, 0.2) is 6.04 Å². The first-order chi connectivity index (χ1) is 10.6. The van der Waals surface area contributed by atoms with E-state index < -0.39 is 0 Å². The summed E-state index contributed by atoms with van der Waals surface area (Å²) in [6, 6.07) is 9.14. The summed E-state index contributed by atoms with van der Waals surface area (Å²) in [5, 5.41) is 12.7. The minimum absolute atomic E-state index is 0.182. The zero-order chi connectivity index (χ0) is 15.7. The molecule has 116 valence electrons. The second-order valence-corrected chi connectivity index (χ2v) is 6.35. The molecule has 1 amide bonds. The van der Waals surface area contributed by atoms with Crippen LogP contribution in [0.4, 0.5) is 0 Å². The largest absolute Gasteiger partial charge is 0.507 e. The second-order valence-electron chi connectivity index (χ2n) is 5.95. The molecule has 0 aromatic heterocycles. The van der Waals surface area contributed by atoms with Gasteiger partial charge in [-0.25, -0.2) is 0 Å². The van der Waals surface area contributed by atoms with E-state index in [4.69, 9.17) is 17.3 Å². The number of carbonyl (C=O) groups excluding carboxylic acids is 1. The van der Waals surface area contributed by atoms with Crippen LogP contribution in [0.1, 0.15) is 24.8 Å². The molecule has 1 aliphatic heterocycles. The fourth-order valence-corrected chi connectivity index (χ4v) is 3.68. The Labute approximate surface area is 134 Å².